The van der Waals surface area contributed by atoms with E-state index in [1.165, 1.54) is 33.4 Å². The minimum absolute atomic E-state index is 0.0469. The highest BCUT2D eigenvalue weighted by Crippen LogP contribution is 2.51. The van der Waals surface area contributed by atoms with Crippen LogP contribution >= 0.6 is 0 Å². The first-order chi connectivity index (χ1) is 38.5. The maximum Gasteiger partial charge on any atom is 0.0618 e. The molecule has 2 heteroatoms. The largest absolute Gasteiger partial charge is 0.354 e. The predicted octanol–water partition coefficient (Wildman–Crippen LogP) is 22.5. The van der Waals surface area contributed by atoms with Crippen LogP contribution in [0.4, 0.5) is 28.4 Å². The molecule has 0 saturated carbocycles. The molecule has 80 heavy (non-hydrogen) atoms. The van der Waals surface area contributed by atoms with Crippen molar-refractivity contribution < 1.29 is 0 Å². The highest BCUT2D eigenvalue weighted by Gasteiger charge is 2.28. The molecular formula is C78H72N2. The van der Waals surface area contributed by atoms with Gasteiger partial charge in [0.25, 0.3) is 0 Å². The van der Waals surface area contributed by atoms with Gasteiger partial charge >= 0.3 is 0 Å². The topological polar surface area (TPSA) is 15.3 Å². The van der Waals surface area contributed by atoms with Crippen molar-refractivity contribution in [2.75, 3.05) is 10.2 Å². The number of benzene rings is 11. The van der Waals surface area contributed by atoms with Gasteiger partial charge < -0.3 is 10.2 Å². The maximum atomic E-state index is 4.20. The number of anilines is 5. The van der Waals surface area contributed by atoms with Gasteiger partial charge in [0.05, 0.1) is 11.4 Å². The fraction of sp³-hybridized carbons (Fsp3) is 0.154. The van der Waals surface area contributed by atoms with Crippen molar-refractivity contribution in [1.29, 1.82) is 0 Å². The lowest BCUT2D eigenvalue weighted by Crippen LogP contribution is -2.17. The van der Waals surface area contributed by atoms with E-state index in [4.69, 9.17) is 0 Å². The summed E-state index contributed by atoms with van der Waals surface area (Å²) in [4.78, 5) is 2.55. The number of nitrogens with zero attached hydrogens (tertiary/aromatic N) is 1. The molecule has 11 rings (SSSR count). The zero-order valence-corrected chi connectivity index (χ0v) is 47.9. The van der Waals surface area contributed by atoms with Gasteiger partial charge in [-0.3, -0.25) is 0 Å². The minimum Gasteiger partial charge on any atom is -0.354 e. The molecule has 0 bridgehead atoms. The van der Waals surface area contributed by atoms with Crippen molar-refractivity contribution in [3.8, 4) is 77.9 Å². The fourth-order valence-corrected chi connectivity index (χ4v) is 10.9. The van der Waals surface area contributed by atoms with Gasteiger partial charge in [-0.15, -0.1) is 0 Å². The Kier molecular flexibility index (Phi) is 14.6. The van der Waals surface area contributed by atoms with Gasteiger partial charge in [0.15, 0.2) is 0 Å². The average molecular weight is 1040 g/mol. The molecule has 0 heterocycles. The second kappa shape index (κ2) is 22.0. The van der Waals surface area contributed by atoms with E-state index in [1.54, 1.807) is 0 Å². The van der Waals surface area contributed by atoms with Gasteiger partial charge in [0, 0.05) is 39.3 Å². The third-order valence-electron chi connectivity index (χ3n) is 15.4. The summed E-state index contributed by atoms with van der Waals surface area (Å²) >= 11 is 0. The van der Waals surface area contributed by atoms with Crippen molar-refractivity contribution in [1.82, 2.24) is 0 Å². The third kappa shape index (κ3) is 11.4. The Morgan fingerprint density at radius 3 is 0.988 bits per heavy atom. The third-order valence-corrected chi connectivity index (χ3v) is 15.4. The van der Waals surface area contributed by atoms with E-state index < -0.39 is 0 Å². The van der Waals surface area contributed by atoms with E-state index >= 15 is 0 Å². The van der Waals surface area contributed by atoms with E-state index in [-0.39, 0.29) is 16.2 Å². The zero-order valence-electron chi connectivity index (χ0n) is 47.9. The second-order valence-corrected chi connectivity index (χ2v) is 24.4. The summed E-state index contributed by atoms with van der Waals surface area (Å²) in [5, 5.41) is 4.20. The molecule has 1 N–H and O–H groups in total. The summed E-state index contributed by atoms with van der Waals surface area (Å²) in [5.41, 5.74) is 24.8. The lowest BCUT2D eigenvalue weighted by atomic mass is 9.79. The molecule has 0 radical (unpaired) electrons. The van der Waals surface area contributed by atoms with Crippen molar-refractivity contribution in [3.05, 3.63) is 284 Å². The Bertz CT molecular complexity index is 3760. The van der Waals surface area contributed by atoms with E-state index in [9.17, 15) is 0 Å². The fourth-order valence-electron chi connectivity index (χ4n) is 10.9. The highest BCUT2D eigenvalue weighted by atomic mass is 15.1. The number of hydrogen-bond donors (Lipinski definition) is 1. The first kappa shape index (κ1) is 53.0. The summed E-state index contributed by atoms with van der Waals surface area (Å²) < 4.78 is 0. The van der Waals surface area contributed by atoms with Gasteiger partial charge in [-0.25, -0.2) is 0 Å². The van der Waals surface area contributed by atoms with Gasteiger partial charge in [0.2, 0.25) is 0 Å². The molecule has 0 aliphatic heterocycles. The van der Waals surface area contributed by atoms with Crippen LogP contribution in [0, 0.1) is 0 Å². The Morgan fingerprint density at radius 2 is 0.588 bits per heavy atom. The van der Waals surface area contributed by atoms with Crippen LogP contribution in [0.1, 0.15) is 79.0 Å². The Labute approximate surface area is 476 Å². The number of nitrogens with one attached hydrogen (secondary N) is 1. The Balaban J connectivity index is 1.23. The van der Waals surface area contributed by atoms with Crippen LogP contribution in [0.15, 0.2) is 267 Å². The molecule has 0 unspecified atom stereocenters. The second-order valence-electron chi connectivity index (χ2n) is 24.4. The summed E-state index contributed by atoms with van der Waals surface area (Å²) in [7, 11) is 0. The highest BCUT2D eigenvalue weighted by molar-refractivity contribution is 6.02. The smallest absolute Gasteiger partial charge is 0.0618 e. The predicted molar refractivity (Wildman–Crippen MR) is 345 cm³/mol. The number of rotatable bonds is 12. The summed E-state index contributed by atoms with van der Waals surface area (Å²) in [6.07, 6.45) is 0. The molecule has 11 aromatic carbocycles. The van der Waals surface area contributed by atoms with Crippen LogP contribution in [0.3, 0.4) is 0 Å². The maximum absolute atomic E-state index is 4.20. The van der Waals surface area contributed by atoms with Crippen LogP contribution in [-0.2, 0) is 16.2 Å². The van der Waals surface area contributed by atoms with Gasteiger partial charge in [-0.2, -0.15) is 0 Å². The molecule has 0 fully saturated rings. The molecule has 0 aromatic heterocycles. The molecule has 0 aliphatic rings. The van der Waals surface area contributed by atoms with Crippen LogP contribution in [0.2, 0.25) is 0 Å². The molecular weight excluding hydrogens is 965 g/mol. The van der Waals surface area contributed by atoms with E-state index in [0.717, 1.165) is 89.6 Å². The zero-order chi connectivity index (χ0) is 55.6. The van der Waals surface area contributed by atoms with Crippen LogP contribution in [0.25, 0.3) is 77.9 Å². The SMILES string of the molecule is CC(C)(C)c1cc(Nc2c(-c3ccccc3)cc(-c3ccccc3)cc2-c2ccccc2)cc(N(c2cccc(-c3cc(C(C)(C)C)cc(C(C)(C)C)c3)c2)c2c(-c3ccccc3)cc(-c3ccccc3)cc2-c2ccccc2)c1. The Hall–Kier alpha value is -8.98. The minimum atomic E-state index is -0.236. The van der Waals surface area contributed by atoms with Crippen molar-refractivity contribution in [2.24, 2.45) is 0 Å². The van der Waals surface area contributed by atoms with Crippen LogP contribution < -0.4 is 10.2 Å². The van der Waals surface area contributed by atoms with Gasteiger partial charge in [0.1, 0.15) is 0 Å². The van der Waals surface area contributed by atoms with Gasteiger partial charge in [-0.1, -0.05) is 275 Å². The average Bonchev–Trinajstić information content (AvgIpc) is 3.57. The lowest BCUT2D eigenvalue weighted by Gasteiger charge is -2.33. The molecule has 0 aliphatic carbocycles. The lowest BCUT2D eigenvalue weighted by molar-refractivity contribution is 0.569. The summed E-state index contributed by atoms with van der Waals surface area (Å²) in [6.45, 7) is 20.9. The summed E-state index contributed by atoms with van der Waals surface area (Å²) in [6, 6.07) is 98.4. The molecule has 2 nitrogen and oxygen atoms in total. The summed E-state index contributed by atoms with van der Waals surface area (Å²) in [5.74, 6) is 0. The standard InChI is InChI=1S/C78H72N2/c1-76(2,3)64-43-61(44-65(50-64)77(4,5)6)60-41-28-42-68(45-60)80(75-72(58-37-24-14-25-38-58)48-63(55-31-18-11-19-32-55)49-73(75)59-39-26-15-27-40-59)69-52-66(78(7,8)9)51-67(53-69)79-74-70(56-33-20-12-21-34-56)46-62(54-29-16-10-17-30-54)47-71(74)57-35-22-13-23-36-57/h10-53,79H,1-9H3. The first-order valence-corrected chi connectivity index (χ1v) is 28.2. The number of hydrogen-bond acceptors (Lipinski definition) is 2. The van der Waals surface area contributed by atoms with Crippen molar-refractivity contribution in [3.63, 3.8) is 0 Å². The van der Waals surface area contributed by atoms with Crippen molar-refractivity contribution >= 4 is 28.4 Å². The van der Waals surface area contributed by atoms with Crippen LogP contribution in [0.5, 0.6) is 0 Å². The molecule has 0 atom stereocenters. The van der Waals surface area contributed by atoms with E-state index in [1.807, 2.05) is 0 Å². The van der Waals surface area contributed by atoms with Crippen LogP contribution in [-0.4, -0.2) is 0 Å². The van der Waals surface area contributed by atoms with E-state index in [0.29, 0.717) is 0 Å². The molecule has 394 valence electrons. The monoisotopic (exact) mass is 1040 g/mol. The molecule has 11 aromatic rings. The quantitative estimate of drug-likeness (QED) is 0.131. The van der Waals surface area contributed by atoms with Crippen molar-refractivity contribution in [2.45, 2.75) is 78.6 Å². The Morgan fingerprint density at radius 1 is 0.250 bits per heavy atom. The molecule has 0 amide bonds. The molecule has 0 spiro atoms. The van der Waals surface area contributed by atoms with E-state index in [2.05, 4.69) is 339 Å². The van der Waals surface area contributed by atoms with Gasteiger partial charge in [-0.05, 0) is 143 Å². The normalized spacial score (nSPS) is 11.8. The molecule has 0 saturated heterocycles. The first-order valence-electron chi connectivity index (χ1n) is 28.2.